The van der Waals surface area contributed by atoms with Gasteiger partial charge in [0.25, 0.3) is 5.91 Å². The van der Waals surface area contributed by atoms with Crippen molar-refractivity contribution in [2.45, 2.75) is 65.5 Å². The lowest BCUT2D eigenvalue weighted by atomic mass is 9.88. The van der Waals surface area contributed by atoms with Crippen molar-refractivity contribution in [1.29, 1.82) is 0 Å². The van der Waals surface area contributed by atoms with Crippen LogP contribution in [0.4, 0.5) is 10.1 Å². The molecule has 2 saturated carbocycles. The van der Waals surface area contributed by atoms with Crippen LogP contribution in [0.3, 0.4) is 0 Å². The SMILES string of the molecule is Cc1n[nH]c(C)c1-c1ncc(NC(=O)[C@@H](NC(=O)c2ccnn2C(C)C)C(C2CC2)C2CC2)cc1F. The maximum Gasteiger partial charge on any atom is 0.270 e. The summed E-state index contributed by atoms with van der Waals surface area (Å²) in [5.74, 6) is -0.369. The second-order valence-corrected chi connectivity index (χ2v) is 10.3. The summed E-state index contributed by atoms with van der Waals surface area (Å²) in [6.45, 7) is 7.48. The summed E-state index contributed by atoms with van der Waals surface area (Å²) in [6, 6.07) is 2.20. The number of H-pyrrole nitrogens is 1. The molecule has 5 rings (SSSR count). The first-order valence-electron chi connectivity index (χ1n) is 12.6. The third kappa shape index (κ3) is 4.76. The van der Waals surface area contributed by atoms with Gasteiger partial charge in [-0.1, -0.05) is 0 Å². The first-order chi connectivity index (χ1) is 17.2. The number of rotatable bonds is 9. The Morgan fingerprint density at radius 3 is 2.42 bits per heavy atom. The van der Waals surface area contributed by atoms with Gasteiger partial charge in [0.15, 0.2) is 5.82 Å². The zero-order valence-corrected chi connectivity index (χ0v) is 21.0. The Morgan fingerprint density at radius 2 is 1.86 bits per heavy atom. The van der Waals surface area contributed by atoms with E-state index >= 15 is 4.39 Å². The molecule has 2 amide bonds. The summed E-state index contributed by atoms with van der Waals surface area (Å²) in [7, 11) is 0. The van der Waals surface area contributed by atoms with E-state index < -0.39 is 11.9 Å². The molecule has 3 N–H and O–H groups in total. The molecular formula is C26H32FN7O2. The largest absolute Gasteiger partial charge is 0.339 e. The Morgan fingerprint density at radius 1 is 1.17 bits per heavy atom. The average Bonchev–Trinajstić information content (AvgIpc) is 3.76. The maximum absolute atomic E-state index is 15.0. The van der Waals surface area contributed by atoms with Gasteiger partial charge in [-0.25, -0.2) is 4.39 Å². The number of nitrogens with zero attached hydrogens (tertiary/aromatic N) is 4. The Kier molecular flexibility index (Phi) is 6.36. The lowest BCUT2D eigenvalue weighted by molar-refractivity contribution is -0.119. The van der Waals surface area contributed by atoms with Crippen molar-refractivity contribution < 1.29 is 14.0 Å². The van der Waals surface area contributed by atoms with Gasteiger partial charge >= 0.3 is 0 Å². The summed E-state index contributed by atoms with van der Waals surface area (Å²) in [4.78, 5) is 31.1. The highest BCUT2D eigenvalue weighted by molar-refractivity contribution is 6.00. The minimum absolute atomic E-state index is 0.00533. The fourth-order valence-electron chi connectivity index (χ4n) is 5.16. The fourth-order valence-corrected chi connectivity index (χ4v) is 5.16. The zero-order chi connectivity index (χ0) is 25.6. The van der Waals surface area contributed by atoms with E-state index in [-0.39, 0.29) is 35.2 Å². The van der Waals surface area contributed by atoms with Crippen molar-refractivity contribution in [1.82, 2.24) is 30.3 Å². The molecule has 3 aromatic rings. The molecule has 3 heterocycles. The van der Waals surface area contributed by atoms with Gasteiger partial charge in [-0.3, -0.25) is 24.4 Å². The Bertz CT molecular complexity index is 1260. The molecule has 36 heavy (non-hydrogen) atoms. The van der Waals surface area contributed by atoms with E-state index in [1.54, 1.807) is 30.8 Å². The number of amides is 2. The third-order valence-corrected chi connectivity index (χ3v) is 7.15. The second-order valence-electron chi connectivity index (χ2n) is 10.3. The van der Waals surface area contributed by atoms with Gasteiger partial charge in [-0.2, -0.15) is 10.2 Å². The molecule has 0 bridgehead atoms. The maximum atomic E-state index is 15.0. The van der Waals surface area contributed by atoms with Crippen LogP contribution in [0.2, 0.25) is 0 Å². The summed E-state index contributed by atoms with van der Waals surface area (Å²) in [5.41, 5.74) is 2.82. The summed E-state index contributed by atoms with van der Waals surface area (Å²) in [5, 5.41) is 17.0. The van der Waals surface area contributed by atoms with Gasteiger partial charge < -0.3 is 10.6 Å². The van der Waals surface area contributed by atoms with Crippen LogP contribution < -0.4 is 10.6 Å². The predicted octanol–water partition coefficient (Wildman–Crippen LogP) is 4.18. The number of anilines is 1. The highest BCUT2D eigenvalue weighted by Gasteiger charge is 2.48. The van der Waals surface area contributed by atoms with Crippen molar-refractivity contribution in [3.8, 4) is 11.3 Å². The van der Waals surface area contributed by atoms with Crippen LogP contribution in [0.5, 0.6) is 0 Å². The van der Waals surface area contributed by atoms with E-state index in [1.807, 2.05) is 13.8 Å². The number of nitrogens with one attached hydrogen (secondary N) is 3. The molecule has 190 valence electrons. The summed E-state index contributed by atoms with van der Waals surface area (Å²) >= 11 is 0. The monoisotopic (exact) mass is 493 g/mol. The standard InChI is InChI=1S/C26H32FN7O2/c1-13(2)34-20(9-10-29-34)25(35)31-24(22(16-5-6-16)17-7-8-17)26(36)30-18-11-19(27)23(28-12-18)21-14(3)32-33-15(21)4/h9-13,16-17,22,24H,5-8H2,1-4H3,(H,30,36)(H,31,35)(H,32,33)/t24-/m0/s1. The number of halogens is 1. The highest BCUT2D eigenvalue weighted by Crippen LogP contribution is 2.51. The van der Waals surface area contributed by atoms with E-state index in [2.05, 4.69) is 30.9 Å². The number of carbonyl (C=O) groups is 2. The van der Waals surface area contributed by atoms with Gasteiger partial charge in [0, 0.05) is 29.6 Å². The molecule has 2 fully saturated rings. The first kappa shape index (κ1) is 24.1. The topological polar surface area (TPSA) is 118 Å². The van der Waals surface area contributed by atoms with Gasteiger partial charge in [0.2, 0.25) is 5.91 Å². The minimum Gasteiger partial charge on any atom is -0.339 e. The second kappa shape index (κ2) is 9.48. The van der Waals surface area contributed by atoms with Crippen molar-refractivity contribution in [3.63, 3.8) is 0 Å². The molecular weight excluding hydrogens is 461 g/mol. The van der Waals surface area contributed by atoms with Crippen LogP contribution in [0.25, 0.3) is 11.3 Å². The number of pyridine rings is 1. The number of hydrogen-bond donors (Lipinski definition) is 3. The van der Waals surface area contributed by atoms with Crippen LogP contribution >= 0.6 is 0 Å². The Labute approximate surface area is 209 Å². The van der Waals surface area contributed by atoms with E-state index in [0.717, 1.165) is 31.4 Å². The van der Waals surface area contributed by atoms with E-state index in [4.69, 9.17) is 0 Å². The number of aromatic amines is 1. The van der Waals surface area contributed by atoms with E-state index in [1.165, 1.54) is 12.3 Å². The van der Waals surface area contributed by atoms with Crippen LogP contribution in [0, 0.1) is 37.4 Å². The van der Waals surface area contributed by atoms with Crippen LogP contribution in [-0.2, 0) is 4.79 Å². The summed E-state index contributed by atoms with van der Waals surface area (Å²) in [6.07, 6.45) is 7.25. The van der Waals surface area contributed by atoms with Crippen molar-refractivity contribution in [3.05, 3.63) is 47.4 Å². The molecule has 2 aliphatic carbocycles. The van der Waals surface area contributed by atoms with E-state index in [9.17, 15) is 9.59 Å². The predicted molar refractivity (Wildman–Crippen MR) is 133 cm³/mol. The van der Waals surface area contributed by atoms with E-state index in [0.29, 0.717) is 28.8 Å². The molecule has 9 nitrogen and oxygen atoms in total. The quantitative estimate of drug-likeness (QED) is 0.413. The normalized spacial score (nSPS) is 16.4. The van der Waals surface area contributed by atoms with Crippen LogP contribution in [-0.4, -0.2) is 42.8 Å². The van der Waals surface area contributed by atoms with Crippen LogP contribution in [0.15, 0.2) is 24.5 Å². The first-order valence-corrected chi connectivity index (χ1v) is 12.6. The Hall–Kier alpha value is -3.56. The van der Waals surface area contributed by atoms with Crippen molar-refractivity contribution in [2.75, 3.05) is 5.32 Å². The molecule has 0 saturated heterocycles. The van der Waals surface area contributed by atoms with Gasteiger partial charge in [-0.15, -0.1) is 0 Å². The van der Waals surface area contributed by atoms with Crippen LogP contribution in [0.1, 0.15) is 67.4 Å². The average molecular weight is 494 g/mol. The Balaban J connectivity index is 1.39. The number of carbonyl (C=O) groups excluding carboxylic acids is 2. The number of hydrogen-bond acceptors (Lipinski definition) is 5. The number of aromatic nitrogens is 5. The van der Waals surface area contributed by atoms with Gasteiger partial charge in [0.05, 0.1) is 17.6 Å². The molecule has 2 aliphatic rings. The van der Waals surface area contributed by atoms with Gasteiger partial charge in [-0.05, 0) is 77.2 Å². The molecule has 0 aliphatic heterocycles. The van der Waals surface area contributed by atoms with Gasteiger partial charge in [0.1, 0.15) is 17.4 Å². The smallest absolute Gasteiger partial charge is 0.270 e. The van der Waals surface area contributed by atoms with Crippen molar-refractivity contribution in [2.24, 2.45) is 17.8 Å². The molecule has 0 aromatic carbocycles. The molecule has 0 radical (unpaired) electrons. The minimum atomic E-state index is -0.728. The zero-order valence-electron chi connectivity index (χ0n) is 21.0. The number of aryl methyl sites for hydroxylation is 2. The molecule has 10 heteroatoms. The highest BCUT2D eigenvalue weighted by atomic mass is 19.1. The van der Waals surface area contributed by atoms with Crippen molar-refractivity contribution >= 4 is 17.5 Å². The summed E-state index contributed by atoms with van der Waals surface area (Å²) < 4.78 is 16.7. The fraction of sp³-hybridized carbons (Fsp3) is 0.500. The molecule has 3 aromatic heterocycles. The molecule has 1 atom stereocenters. The molecule has 0 spiro atoms. The third-order valence-electron chi connectivity index (χ3n) is 7.15. The lowest BCUT2D eigenvalue weighted by Crippen LogP contribution is -2.50. The molecule has 0 unspecified atom stereocenters. The lowest BCUT2D eigenvalue weighted by Gasteiger charge is -2.27.